The molecule has 20 heavy (non-hydrogen) atoms. The lowest BCUT2D eigenvalue weighted by atomic mass is 10.2. The van der Waals surface area contributed by atoms with Crippen LogP contribution in [0.2, 0.25) is 0 Å². The van der Waals surface area contributed by atoms with E-state index < -0.39 is 0 Å². The summed E-state index contributed by atoms with van der Waals surface area (Å²) >= 11 is 0. The van der Waals surface area contributed by atoms with Crippen molar-refractivity contribution in [1.29, 1.82) is 0 Å². The summed E-state index contributed by atoms with van der Waals surface area (Å²) in [4.78, 5) is 11.6. The van der Waals surface area contributed by atoms with Gasteiger partial charge in [-0.25, -0.2) is 5.43 Å². The molecule has 5 nitrogen and oxygen atoms in total. The SMILES string of the molecule is CCCC/C(C)=N\NC(=O)CNc1ccc(OC)cc1. The summed E-state index contributed by atoms with van der Waals surface area (Å²) in [6, 6.07) is 7.41. The lowest BCUT2D eigenvalue weighted by Gasteiger charge is -2.06. The maximum atomic E-state index is 11.6. The Balaban J connectivity index is 2.31. The molecular weight excluding hydrogens is 254 g/mol. The van der Waals surface area contributed by atoms with Crippen molar-refractivity contribution in [2.45, 2.75) is 33.1 Å². The Morgan fingerprint density at radius 1 is 1.30 bits per heavy atom. The maximum Gasteiger partial charge on any atom is 0.259 e. The van der Waals surface area contributed by atoms with E-state index in [1.807, 2.05) is 31.2 Å². The molecule has 0 aliphatic rings. The highest BCUT2D eigenvalue weighted by Gasteiger charge is 2.00. The van der Waals surface area contributed by atoms with Crippen LogP contribution < -0.4 is 15.5 Å². The Morgan fingerprint density at radius 2 is 2.00 bits per heavy atom. The van der Waals surface area contributed by atoms with Gasteiger partial charge in [-0.05, 0) is 44.0 Å². The number of unbranched alkanes of at least 4 members (excludes halogenated alkanes) is 1. The van der Waals surface area contributed by atoms with Crippen LogP contribution in [0.25, 0.3) is 0 Å². The van der Waals surface area contributed by atoms with E-state index in [4.69, 9.17) is 4.74 Å². The molecule has 0 saturated carbocycles. The smallest absolute Gasteiger partial charge is 0.259 e. The molecule has 110 valence electrons. The minimum Gasteiger partial charge on any atom is -0.497 e. The third-order valence-corrected chi connectivity index (χ3v) is 2.81. The second-order valence-corrected chi connectivity index (χ2v) is 4.57. The summed E-state index contributed by atoms with van der Waals surface area (Å²) in [7, 11) is 1.62. The summed E-state index contributed by atoms with van der Waals surface area (Å²) in [5.74, 6) is 0.632. The van der Waals surface area contributed by atoms with Gasteiger partial charge >= 0.3 is 0 Å². The Labute approximate surface area is 120 Å². The number of hydrazone groups is 1. The van der Waals surface area contributed by atoms with Crippen LogP contribution in [0.3, 0.4) is 0 Å². The first-order valence-corrected chi connectivity index (χ1v) is 6.85. The molecule has 0 heterocycles. The molecule has 1 amide bonds. The van der Waals surface area contributed by atoms with E-state index in [2.05, 4.69) is 22.8 Å². The Morgan fingerprint density at radius 3 is 2.60 bits per heavy atom. The molecule has 0 unspecified atom stereocenters. The van der Waals surface area contributed by atoms with Crippen molar-refractivity contribution in [2.24, 2.45) is 5.10 Å². The second-order valence-electron chi connectivity index (χ2n) is 4.57. The number of hydrogen-bond acceptors (Lipinski definition) is 4. The maximum absolute atomic E-state index is 11.6. The summed E-state index contributed by atoms with van der Waals surface area (Å²) < 4.78 is 5.07. The van der Waals surface area contributed by atoms with Crippen molar-refractivity contribution in [1.82, 2.24) is 5.43 Å². The van der Waals surface area contributed by atoms with E-state index in [1.54, 1.807) is 7.11 Å². The fraction of sp³-hybridized carbons (Fsp3) is 0.467. The van der Waals surface area contributed by atoms with E-state index in [1.165, 1.54) is 0 Å². The summed E-state index contributed by atoms with van der Waals surface area (Å²) in [5, 5.41) is 7.08. The van der Waals surface area contributed by atoms with Crippen molar-refractivity contribution in [2.75, 3.05) is 19.0 Å². The molecule has 0 aromatic heterocycles. The number of methoxy groups -OCH3 is 1. The van der Waals surface area contributed by atoms with Crippen molar-refractivity contribution in [3.63, 3.8) is 0 Å². The molecule has 1 aromatic rings. The molecule has 0 bridgehead atoms. The highest BCUT2D eigenvalue weighted by atomic mass is 16.5. The Hall–Kier alpha value is -2.04. The number of nitrogens with one attached hydrogen (secondary N) is 2. The number of ether oxygens (including phenoxy) is 1. The number of carbonyl (C=O) groups excluding carboxylic acids is 1. The van der Waals surface area contributed by atoms with Crippen LogP contribution in [-0.4, -0.2) is 25.3 Å². The van der Waals surface area contributed by atoms with Gasteiger partial charge in [0.2, 0.25) is 0 Å². The zero-order valence-corrected chi connectivity index (χ0v) is 12.4. The monoisotopic (exact) mass is 277 g/mol. The van der Waals surface area contributed by atoms with Crippen LogP contribution in [0.1, 0.15) is 33.1 Å². The first-order chi connectivity index (χ1) is 9.65. The molecule has 0 spiro atoms. The normalized spacial score (nSPS) is 11.1. The van der Waals surface area contributed by atoms with Crippen molar-refractivity contribution in [3.05, 3.63) is 24.3 Å². The molecule has 2 N–H and O–H groups in total. The quantitative estimate of drug-likeness (QED) is 0.567. The summed E-state index contributed by atoms with van der Waals surface area (Å²) in [6.45, 7) is 4.24. The number of carbonyl (C=O) groups is 1. The molecule has 1 rings (SSSR count). The van der Waals surface area contributed by atoms with Crippen LogP contribution in [0.5, 0.6) is 5.75 Å². The predicted molar refractivity (Wildman–Crippen MR) is 82.3 cm³/mol. The van der Waals surface area contributed by atoms with E-state index in [9.17, 15) is 4.79 Å². The number of amides is 1. The topological polar surface area (TPSA) is 62.7 Å². The second kappa shape index (κ2) is 8.96. The van der Waals surface area contributed by atoms with Crippen LogP contribution in [-0.2, 0) is 4.79 Å². The third kappa shape index (κ3) is 6.22. The van der Waals surface area contributed by atoms with Gasteiger partial charge in [0.15, 0.2) is 0 Å². The van der Waals surface area contributed by atoms with Gasteiger partial charge in [-0.15, -0.1) is 0 Å². The van der Waals surface area contributed by atoms with Crippen molar-refractivity contribution < 1.29 is 9.53 Å². The highest BCUT2D eigenvalue weighted by molar-refractivity contribution is 5.85. The number of rotatable bonds is 8. The van der Waals surface area contributed by atoms with Crippen LogP contribution in [0.4, 0.5) is 5.69 Å². The molecule has 5 heteroatoms. The predicted octanol–water partition coefficient (Wildman–Crippen LogP) is 2.79. The minimum absolute atomic E-state index is 0.156. The van der Waals surface area contributed by atoms with E-state index >= 15 is 0 Å². The van der Waals surface area contributed by atoms with E-state index in [-0.39, 0.29) is 12.5 Å². The first-order valence-electron chi connectivity index (χ1n) is 6.85. The number of anilines is 1. The van der Waals surface area contributed by atoms with Crippen LogP contribution in [0.15, 0.2) is 29.4 Å². The standard InChI is InChI=1S/C15H23N3O2/c1-4-5-6-12(2)17-18-15(19)11-16-13-7-9-14(20-3)10-8-13/h7-10,16H,4-6,11H2,1-3H3,(H,18,19)/b17-12-. The van der Waals surface area contributed by atoms with Gasteiger partial charge in [0, 0.05) is 11.4 Å². The van der Waals surface area contributed by atoms with Gasteiger partial charge in [-0.2, -0.15) is 5.10 Å². The van der Waals surface area contributed by atoms with Crippen LogP contribution >= 0.6 is 0 Å². The average molecular weight is 277 g/mol. The number of hydrogen-bond donors (Lipinski definition) is 2. The van der Waals surface area contributed by atoms with E-state index in [0.29, 0.717) is 0 Å². The molecule has 0 radical (unpaired) electrons. The molecule has 0 aliphatic carbocycles. The van der Waals surface area contributed by atoms with Gasteiger partial charge in [-0.1, -0.05) is 13.3 Å². The van der Waals surface area contributed by atoms with Gasteiger partial charge in [-0.3, -0.25) is 4.79 Å². The summed E-state index contributed by atoms with van der Waals surface area (Å²) in [5.41, 5.74) is 4.36. The fourth-order valence-electron chi connectivity index (χ4n) is 1.58. The highest BCUT2D eigenvalue weighted by Crippen LogP contribution is 2.14. The van der Waals surface area contributed by atoms with Crippen molar-refractivity contribution in [3.8, 4) is 5.75 Å². The minimum atomic E-state index is -0.156. The average Bonchev–Trinajstić information content (AvgIpc) is 2.49. The Bertz CT molecular complexity index is 441. The largest absolute Gasteiger partial charge is 0.497 e. The Kier molecular flexibility index (Phi) is 7.17. The third-order valence-electron chi connectivity index (χ3n) is 2.81. The molecule has 0 saturated heterocycles. The molecule has 0 fully saturated rings. The zero-order valence-electron chi connectivity index (χ0n) is 12.4. The fourth-order valence-corrected chi connectivity index (χ4v) is 1.58. The summed E-state index contributed by atoms with van der Waals surface area (Å²) in [6.07, 6.45) is 3.14. The van der Waals surface area contributed by atoms with Gasteiger partial charge in [0.1, 0.15) is 5.75 Å². The van der Waals surface area contributed by atoms with Gasteiger partial charge in [0.05, 0.1) is 13.7 Å². The lowest BCUT2D eigenvalue weighted by Crippen LogP contribution is -2.26. The van der Waals surface area contributed by atoms with Crippen LogP contribution in [0, 0.1) is 0 Å². The molecular formula is C15H23N3O2. The molecule has 1 aromatic carbocycles. The molecule has 0 aliphatic heterocycles. The zero-order chi connectivity index (χ0) is 14.8. The van der Waals surface area contributed by atoms with Crippen molar-refractivity contribution >= 4 is 17.3 Å². The van der Waals surface area contributed by atoms with Gasteiger partial charge in [0.25, 0.3) is 5.91 Å². The number of benzene rings is 1. The van der Waals surface area contributed by atoms with Gasteiger partial charge < -0.3 is 10.1 Å². The number of nitrogens with zero attached hydrogens (tertiary/aromatic N) is 1. The first kappa shape index (κ1) is 16.0. The molecule has 0 atom stereocenters. The van der Waals surface area contributed by atoms with E-state index in [0.717, 1.165) is 36.4 Å². The lowest BCUT2D eigenvalue weighted by molar-refractivity contribution is -0.119.